The molecule has 41 valence electrons. The van der Waals surface area contributed by atoms with Crippen LogP contribution in [0.3, 0.4) is 0 Å². The molecular formula is C6H11O. The van der Waals surface area contributed by atoms with Crippen LogP contribution in [0.4, 0.5) is 0 Å². The summed E-state index contributed by atoms with van der Waals surface area (Å²) >= 11 is 0. The minimum atomic E-state index is 0.694. The Morgan fingerprint density at radius 3 is 2.86 bits per heavy atom. The predicted octanol–water partition coefficient (Wildman–Crippen LogP) is 1.76. The maximum atomic E-state index is 4.78. The molecule has 0 aliphatic carbocycles. The van der Waals surface area contributed by atoms with Crippen molar-refractivity contribution in [1.82, 2.24) is 0 Å². The van der Waals surface area contributed by atoms with Gasteiger partial charge in [-0.05, 0) is 12.8 Å². The van der Waals surface area contributed by atoms with Gasteiger partial charge < -0.3 is 4.74 Å². The smallest absolute Gasteiger partial charge is 0.0904 e. The van der Waals surface area contributed by atoms with E-state index in [1.54, 1.807) is 0 Å². The number of hydrogen-bond acceptors (Lipinski definition) is 1. The second-order valence-corrected chi connectivity index (χ2v) is 1.20. The van der Waals surface area contributed by atoms with Gasteiger partial charge >= 0.3 is 0 Å². The Balaban J connectivity index is 2.56. The van der Waals surface area contributed by atoms with Gasteiger partial charge in [0, 0.05) is 0 Å². The number of ether oxygens (including phenoxy) is 1. The van der Waals surface area contributed by atoms with Crippen molar-refractivity contribution in [3.63, 3.8) is 0 Å². The van der Waals surface area contributed by atoms with E-state index in [-0.39, 0.29) is 0 Å². The van der Waals surface area contributed by atoms with Gasteiger partial charge in [0.25, 0.3) is 0 Å². The SMILES string of the molecule is C=COC[CH]CC. The van der Waals surface area contributed by atoms with Gasteiger partial charge in [0.1, 0.15) is 0 Å². The highest BCUT2D eigenvalue weighted by Gasteiger charge is 1.76. The minimum Gasteiger partial charge on any atom is -0.502 e. The molecule has 0 aliphatic rings. The first-order valence-electron chi connectivity index (χ1n) is 2.46. The van der Waals surface area contributed by atoms with Crippen molar-refractivity contribution in [3.05, 3.63) is 19.3 Å². The summed E-state index contributed by atoms with van der Waals surface area (Å²) in [5.74, 6) is 0. The Morgan fingerprint density at radius 2 is 2.43 bits per heavy atom. The van der Waals surface area contributed by atoms with Crippen molar-refractivity contribution in [2.24, 2.45) is 0 Å². The average molecular weight is 99.2 g/mol. The van der Waals surface area contributed by atoms with Gasteiger partial charge in [0.2, 0.25) is 0 Å². The molecule has 0 rings (SSSR count). The third-order valence-corrected chi connectivity index (χ3v) is 0.621. The van der Waals surface area contributed by atoms with Crippen molar-refractivity contribution < 1.29 is 4.74 Å². The highest BCUT2D eigenvalue weighted by Crippen LogP contribution is 1.84. The van der Waals surface area contributed by atoms with Crippen LogP contribution < -0.4 is 0 Å². The minimum absolute atomic E-state index is 0.694. The van der Waals surface area contributed by atoms with Crippen LogP contribution in [0.15, 0.2) is 12.8 Å². The molecule has 1 radical (unpaired) electrons. The van der Waals surface area contributed by atoms with Crippen LogP contribution in [-0.4, -0.2) is 6.61 Å². The maximum absolute atomic E-state index is 4.78. The van der Waals surface area contributed by atoms with E-state index in [0.29, 0.717) is 6.61 Å². The summed E-state index contributed by atoms with van der Waals surface area (Å²) in [4.78, 5) is 0. The molecule has 0 aromatic carbocycles. The van der Waals surface area contributed by atoms with Crippen LogP contribution in [-0.2, 0) is 4.74 Å². The summed E-state index contributed by atoms with van der Waals surface area (Å²) in [6.45, 7) is 6.16. The molecule has 0 aromatic heterocycles. The van der Waals surface area contributed by atoms with Gasteiger partial charge in [-0.15, -0.1) is 0 Å². The van der Waals surface area contributed by atoms with Gasteiger partial charge in [0.15, 0.2) is 0 Å². The molecule has 1 nitrogen and oxygen atoms in total. The van der Waals surface area contributed by atoms with Crippen molar-refractivity contribution in [3.8, 4) is 0 Å². The fourth-order valence-corrected chi connectivity index (χ4v) is 0.254. The first-order chi connectivity index (χ1) is 3.41. The first-order valence-corrected chi connectivity index (χ1v) is 2.46. The van der Waals surface area contributed by atoms with Crippen molar-refractivity contribution in [2.45, 2.75) is 13.3 Å². The maximum Gasteiger partial charge on any atom is 0.0904 e. The molecular weight excluding hydrogens is 88.1 g/mol. The zero-order chi connectivity index (χ0) is 5.54. The highest BCUT2D eigenvalue weighted by molar-refractivity contribution is 4.61. The Bertz CT molecular complexity index is 41.4. The Labute approximate surface area is 45.0 Å². The van der Waals surface area contributed by atoms with Crippen LogP contribution >= 0.6 is 0 Å². The van der Waals surface area contributed by atoms with Gasteiger partial charge in [0.05, 0.1) is 12.9 Å². The molecule has 0 saturated heterocycles. The summed E-state index contributed by atoms with van der Waals surface area (Å²) in [6.07, 6.45) is 4.56. The van der Waals surface area contributed by atoms with Crippen molar-refractivity contribution >= 4 is 0 Å². The van der Waals surface area contributed by atoms with Gasteiger partial charge in [-0.25, -0.2) is 0 Å². The summed E-state index contributed by atoms with van der Waals surface area (Å²) in [5.41, 5.74) is 0. The lowest BCUT2D eigenvalue weighted by Crippen LogP contribution is -1.84. The van der Waals surface area contributed by atoms with Crippen LogP contribution in [0.5, 0.6) is 0 Å². The molecule has 0 N–H and O–H groups in total. The van der Waals surface area contributed by atoms with E-state index in [2.05, 4.69) is 13.5 Å². The van der Waals surface area contributed by atoms with Crippen LogP contribution in [0.25, 0.3) is 0 Å². The second kappa shape index (κ2) is 5.54. The summed E-state index contributed by atoms with van der Waals surface area (Å²) in [5, 5.41) is 0. The van der Waals surface area contributed by atoms with E-state index in [9.17, 15) is 0 Å². The van der Waals surface area contributed by atoms with Crippen LogP contribution in [0, 0.1) is 6.42 Å². The Hall–Kier alpha value is -0.460. The fraction of sp³-hybridized carbons (Fsp3) is 0.500. The number of unbranched alkanes of at least 4 members (excludes halogenated alkanes) is 1. The molecule has 0 heterocycles. The topological polar surface area (TPSA) is 9.23 Å². The third kappa shape index (κ3) is 5.54. The Morgan fingerprint density at radius 1 is 1.71 bits per heavy atom. The Kier molecular flexibility index (Phi) is 5.18. The molecule has 0 aromatic rings. The van der Waals surface area contributed by atoms with Gasteiger partial charge in [-0.2, -0.15) is 0 Å². The molecule has 0 bridgehead atoms. The highest BCUT2D eigenvalue weighted by atomic mass is 16.5. The third-order valence-electron chi connectivity index (χ3n) is 0.621. The standard InChI is InChI=1S/C6H11O/c1-3-5-6-7-4-2/h4-5H,2-3,6H2,1H3. The summed E-state index contributed by atoms with van der Waals surface area (Å²) < 4.78 is 4.78. The van der Waals surface area contributed by atoms with E-state index < -0.39 is 0 Å². The second-order valence-electron chi connectivity index (χ2n) is 1.20. The molecule has 1 heteroatoms. The zero-order valence-electron chi connectivity index (χ0n) is 4.68. The van der Waals surface area contributed by atoms with E-state index in [1.165, 1.54) is 6.26 Å². The van der Waals surface area contributed by atoms with E-state index in [1.807, 2.05) is 6.42 Å². The quantitative estimate of drug-likeness (QED) is 0.385. The lowest BCUT2D eigenvalue weighted by atomic mass is 10.4. The van der Waals surface area contributed by atoms with E-state index >= 15 is 0 Å². The molecule has 0 unspecified atom stereocenters. The average Bonchev–Trinajstić information content (AvgIpc) is 1.69. The van der Waals surface area contributed by atoms with Gasteiger partial charge in [-0.3, -0.25) is 0 Å². The monoisotopic (exact) mass is 99.1 g/mol. The lowest BCUT2D eigenvalue weighted by molar-refractivity contribution is 0.276. The molecule has 0 aliphatic heterocycles. The molecule has 0 amide bonds. The molecule has 0 spiro atoms. The van der Waals surface area contributed by atoms with Gasteiger partial charge in [-0.1, -0.05) is 13.5 Å². The summed E-state index contributed by atoms with van der Waals surface area (Å²) in [7, 11) is 0. The predicted molar refractivity (Wildman–Crippen MR) is 30.7 cm³/mol. The normalized spacial score (nSPS) is 8.14. The number of hydrogen-bond donors (Lipinski definition) is 0. The van der Waals surface area contributed by atoms with Crippen molar-refractivity contribution in [2.75, 3.05) is 6.61 Å². The molecule has 0 atom stereocenters. The fourth-order valence-electron chi connectivity index (χ4n) is 0.254. The van der Waals surface area contributed by atoms with E-state index in [4.69, 9.17) is 4.74 Å². The molecule has 7 heavy (non-hydrogen) atoms. The van der Waals surface area contributed by atoms with Crippen LogP contribution in [0.2, 0.25) is 0 Å². The van der Waals surface area contributed by atoms with E-state index in [0.717, 1.165) is 6.42 Å². The number of rotatable bonds is 4. The first kappa shape index (κ1) is 6.54. The molecule has 0 fully saturated rings. The largest absolute Gasteiger partial charge is 0.502 e. The van der Waals surface area contributed by atoms with Crippen LogP contribution in [0.1, 0.15) is 13.3 Å². The zero-order valence-corrected chi connectivity index (χ0v) is 4.68. The molecule has 0 saturated carbocycles. The lowest BCUT2D eigenvalue weighted by Gasteiger charge is -1.93. The van der Waals surface area contributed by atoms with Crippen molar-refractivity contribution in [1.29, 1.82) is 0 Å². The summed E-state index contributed by atoms with van der Waals surface area (Å²) in [6, 6.07) is 0.